The lowest BCUT2D eigenvalue weighted by Gasteiger charge is -2.30. The quantitative estimate of drug-likeness (QED) is 0.899. The smallest absolute Gasteiger partial charge is 0.328 e. The Morgan fingerprint density at radius 3 is 2.00 bits per heavy atom. The van der Waals surface area contributed by atoms with Crippen LogP contribution >= 0.6 is 24.8 Å². The zero-order chi connectivity index (χ0) is 13.2. The molecule has 2 N–H and O–H groups in total. The van der Waals surface area contributed by atoms with Gasteiger partial charge in [-0.05, 0) is 43.6 Å². The van der Waals surface area contributed by atoms with Gasteiger partial charge in [0.15, 0.2) is 0 Å². The van der Waals surface area contributed by atoms with Gasteiger partial charge in [-0.1, -0.05) is 12.1 Å². The highest BCUT2D eigenvalue weighted by Crippen LogP contribution is 2.29. The van der Waals surface area contributed by atoms with Gasteiger partial charge in [-0.15, -0.1) is 24.8 Å². The van der Waals surface area contributed by atoms with Gasteiger partial charge in [0.25, 0.3) is 0 Å². The molecule has 0 bridgehead atoms. The number of halogens is 5. The predicted molar refractivity (Wildman–Crippen MR) is 78.4 cm³/mol. The average Bonchev–Trinajstić information content (AvgIpc) is 2.32. The third-order valence-electron chi connectivity index (χ3n) is 3.32. The maximum atomic E-state index is 12.4. The summed E-state index contributed by atoms with van der Waals surface area (Å²) in [6, 6.07) is 5.67. The van der Waals surface area contributed by atoms with Gasteiger partial charge in [0.2, 0.25) is 0 Å². The molecule has 2 nitrogen and oxygen atoms in total. The summed E-state index contributed by atoms with van der Waals surface area (Å²) in [6.07, 6.45) is -2.34. The first-order valence-corrected chi connectivity index (χ1v) is 6.09. The summed E-state index contributed by atoms with van der Waals surface area (Å²) in [5.41, 5.74) is 6.13. The van der Waals surface area contributed by atoms with Crippen molar-refractivity contribution < 1.29 is 13.2 Å². The van der Waals surface area contributed by atoms with Crippen LogP contribution in [-0.4, -0.2) is 24.0 Å². The topological polar surface area (TPSA) is 29.3 Å². The van der Waals surface area contributed by atoms with Gasteiger partial charge < -0.3 is 5.73 Å². The largest absolute Gasteiger partial charge is 0.416 e. The minimum atomic E-state index is -4.25. The van der Waals surface area contributed by atoms with Crippen LogP contribution in [0, 0.1) is 0 Å². The van der Waals surface area contributed by atoms with Crippen LogP contribution < -0.4 is 5.73 Å². The van der Waals surface area contributed by atoms with E-state index in [9.17, 15) is 13.2 Å². The summed E-state index contributed by atoms with van der Waals surface area (Å²) >= 11 is 0. The van der Waals surface area contributed by atoms with E-state index in [0.29, 0.717) is 6.54 Å². The SMILES string of the molecule is Cl.Cl.NC1CCN(Cc2ccc(C(F)(F)F)cc2)CC1. The molecule has 1 aliphatic heterocycles. The van der Waals surface area contributed by atoms with Crippen LogP contribution in [0.2, 0.25) is 0 Å². The highest BCUT2D eigenvalue weighted by atomic mass is 35.5. The van der Waals surface area contributed by atoms with Gasteiger partial charge in [0.1, 0.15) is 0 Å². The van der Waals surface area contributed by atoms with E-state index in [4.69, 9.17) is 5.73 Å². The first-order valence-electron chi connectivity index (χ1n) is 6.09. The molecule has 1 aromatic rings. The highest BCUT2D eigenvalue weighted by Gasteiger charge is 2.30. The lowest BCUT2D eigenvalue weighted by Crippen LogP contribution is -2.39. The Balaban J connectivity index is 0.00000180. The second-order valence-electron chi connectivity index (χ2n) is 4.81. The number of hydrogen-bond donors (Lipinski definition) is 1. The fourth-order valence-corrected chi connectivity index (χ4v) is 2.17. The van der Waals surface area contributed by atoms with Crippen molar-refractivity contribution in [3.05, 3.63) is 35.4 Å². The molecule has 2 rings (SSSR count). The highest BCUT2D eigenvalue weighted by molar-refractivity contribution is 5.85. The van der Waals surface area contributed by atoms with Crippen molar-refractivity contribution in [3.8, 4) is 0 Å². The molecule has 20 heavy (non-hydrogen) atoms. The van der Waals surface area contributed by atoms with E-state index in [0.717, 1.165) is 43.6 Å². The summed E-state index contributed by atoms with van der Waals surface area (Å²) in [4.78, 5) is 2.23. The summed E-state index contributed by atoms with van der Waals surface area (Å²) in [7, 11) is 0. The van der Waals surface area contributed by atoms with E-state index in [2.05, 4.69) is 4.90 Å². The van der Waals surface area contributed by atoms with Crippen LogP contribution in [0.15, 0.2) is 24.3 Å². The molecule has 7 heteroatoms. The minimum absolute atomic E-state index is 0. The van der Waals surface area contributed by atoms with Crippen molar-refractivity contribution in [2.75, 3.05) is 13.1 Å². The Hall–Kier alpha value is -0.490. The van der Waals surface area contributed by atoms with Crippen molar-refractivity contribution in [1.29, 1.82) is 0 Å². The van der Waals surface area contributed by atoms with Gasteiger partial charge >= 0.3 is 6.18 Å². The van der Waals surface area contributed by atoms with E-state index in [1.54, 1.807) is 12.1 Å². The van der Waals surface area contributed by atoms with Gasteiger partial charge in [0, 0.05) is 12.6 Å². The molecule has 1 aromatic carbocycles. The number of benzene rings is 1. The van der Waals surface area contributed by atoms with Crippen molar-refractivity contribution in [3.63, 3.8) is 0 Å². The molecule has 0 atom stereocenters. The van der Waals surface area contributed by atoms with Crippen LogP contribution in [0.4, 0.5) is 13.2 Å². The molecule has 0 amide bonds. The number of piperidine rings is 1. The molecule has 0 radical (unpaired) electrons. The normalized spacial score (nSPS) is 17.2. The minimum Gasteiger partial charge on any atom is -0.328 e. The van der Waals surface area contributed by atoms with Crippen LogP contribution in [0.5, 0.6) is 0 Å². The number of likely N-dealkylation sites (tertiary alicyclic amines) is 1. The molecule has 0 spiro atoms. The van der Waals surface area contributed by atoms with Gasteiger partial charge in [-0.2, -0.15) is 13.2 Å². The molecule has 1 fully saturated rings. The first kappa shape index (κ1) is 19.5. The van der Waals surface area contributed by atoms with Crippen molar-refractivity contribution in [2.24, 2.45) is 5.73 Å². The summed E-state index contributed by atoms with van der Waals surface area (Å²) in [6.45, 7) is 2.54. The van der Waals surface area contributed by atoms with Crippen molar-refractivity contribution >= 4 is 24.8 Å². The van der Waals surface area contributed by atoms with Gasteiger partial charge in [0.05, 0.1) is 5.56 Å². The second kappa shape index (κ2) is 8.08. The van der Waals surface area contributed by atoms with Crippen LogP contribution in [0.3, 0.4) is 0 Å². The zero-order valence-corrected chi connectivity index (χ0v) is 12.5. The molecule has 0 unspecified atom stereocenters. The zero-order valence-electron chi connectivity index (χ0n) is 10.9. The fraction of sp³-hybridized carbons (Fsp3) is 0.538. The maximum absolute atomic E-state index is 12.4. The molecule has 0 saturated carbocycles. The molecule has 0 aromatic heterocycles. The van der Waals surface area contributed by atoms with Crippen LogP contribution in [0.1, 0.15) is 24.0 Å². The molecule has 0 aliphatic carbocycles. The Morgan fingerprint density at radius 1 is 1.05 bits per heavy atom. The van der Waals surface area contributed by atoms with E-state index < -0.39 is 11.7 Å². The van der Waals surface area contributed by atoms with Crippen LogP contribution in [0.25, 0.3) is 0 Å². The number of nitrogens with zero attached hydrogens (tertiary/aromatic N) is 1. The third kappa shape index (κ3) is 5.48. The predicted octanol–water partition coefficient (Wildman–Crippen LogP) is 3.47. The monoisotopic (exact) mass is 330 g/mol. The lowest BCUT2D eigenvalue weighted by molar-refractivity contribution is -0.137. The van der Waals surface area contributed by atoms with Crippen molar-refractivity contribution in [1.82, 2.24) is 4.90 Å². The Kier molecular flexibility index (Phi) is 7.88. The molecule has 1 saturated heterocycles. The van der Waals surface area contributed by atoms with Crippen LogP contribution in [-0.2, 0) is 12.7 Å². The fourth-order valence-electron chi connectivity index (χ4n) is 2.17. The third-order valence-corrected chi connectivity index (χ3v) is 3.32. The standard InChI is InChI=1S/C13H17F3N2.2ClH/c14-13(15,16)11-3-1-10(2-4-11)9-18-7-5-12(17)6-8-18;;/h1-4,12H,5-9,17H2;2*1H. The van der Waals surface area contributed by atoms with E-state index in [1.165, 1.54) is 0 Å². The summed E-state index contributed by atoms with van der Waals surface area (Å²) in [5.74, 6) is 0. The van der Waals surface area contributed by atoms with Gasteiger partial charge in [-0.3, -0.25) is 4.90 Å². The number of nitrogens with two attached hydrogens (primary N) is 1. The average molecular weight is 331 g/mol. The summed E-state index contributed by atoms with van der Waals surface area (Å²) in [5, 5.41) is 0. The number of rotatable bonds is 2. The van der Waals surface area contributed by atoms with Crippen molar-refractivity contribution in [2.45, 2.75) is 31.6 Å². The van der Waals surface area contributed by atoms with Gasteiger partial charge in [-0.25, -0.2) is 0 Å². The number of alkyl halides is 3. The maximum Gasteiger partial charge on any atom is 0.416 e. The molecular formula is C13H19Cl2F3N2. The number of hydrogen-bond acceptors (Lipinski definition) is 2. The lowest BCUT2D eigenvalue weighted by atomic mass is 10.0. The first-order chi connectivity index (χ1) is 8.45. The molecule has 1 heterocycles. The molecule has 116 valence electrons. The Bertz CT molecular complexity index is 388. The van der Waals surface area contributed by atoms with E-state index >= 15 is 0 Å². The second-order valence-corrected chi connectivity index (χ2v) is 4.81. The van der Waals surface area contributed by atoms with E-state index in [1.807, 2.05) is 0 Å². The summed E-state index contributed by atoms with van der Waals surface area (Å²) < 4.78 is 37.2. The Labute approximate surface area is 129 Å². The molecular weight excluding hydrogens is 312 g/mol. The molecule has 1 aliphatic rings. The van der Waals surface area contributed by atoms with E-state index in [-0.39, 0.29) is 30.9 Å². The Morgan fingerprint density at radius 2 is 1.55 bits per heavy atom.